The van der Waals surface area contributed by atoms with E-state index < -0.39 is 11.7 Å². The Balaban J connectivity index is 0.00000148. The Morgan fingerprint density at radius 1 is 1.17 bits per heavy atom. The number of fused-ring (bicyclic) bond motifs is 1. The number of aliphatic hydroxyl groups excluding tert-OH is 1. The molecule has 0 unspecified atom stereocenters. The van der Waals surface area contributed by atoms with E-state index in [1.54, 1.807) is 18.3 Å². The number of aliphatic hydroxyl groups is 1. The molecule has 1 aromatic heterocycles. The lowest BCUT2D eigenvalue weighted by Gasteiger charge is -2.27. The molecule has 0 atom stereocenters. The number of benzene rings is 2. The van der Waals surface area contributed by atoms with Crippen LogP contribution in [0.4, 0.5) is 13.2 Å². The highest BCUT2D eigenvalue weighted by molar-refractivity contribution is 8.18. The number of amidine groups is 1. The molecule has 1 saturated heterocycles. The number of hydrogen-bond donors (Lipinski definition) is 2. The number of amides is 1. The molecular weight excluding hydrogens is 515 g/mol. The van der Waals surface area contributed by atoms with Crippen molar-refractivity contribution in [3.8, 4) is 0 Å². The molecule has 3 heterocycles. The number of aromatic nitrogens is 2. The van der Waals surface area contributed by atoms with E-state index in [0.29, 0.717) is 10.4 Å². The van der Waals surface area contributed by atoms with Crippen LogP contribution in [0, 0.1) is 0 Å². The van der Waals surface area contributed by atoms with Crippen LogP contribution >= 0.6 is 23.4 Å². The highest BCUT2D eigenvalue weighted by Crippen LogP contribution is 2.35. The molecule has 0 bridgehead atoms. The smallest absolute Gasteiger partial charge is 0.400 e. The normalized spacial score (nSPS) is 17.4. The maximum absolute atomic E-state index is 13.5. The van der Waals surface area contributed by atoms with Crippen LogP contribution in [0.25, 0.3) is 17.0 Å². The number of nitrogens with zero attached hydrogens (tertiary/aromatic N) is 4. The third-order valence-corrected chi connectivity index (χ3v) is 6.94. The Morgan fingerprint density at radius 3 is 2.64 bits per heavy atom. The molecule has 0 radical (unpaired) electrons. The monoisotopic (exact) mass is 537 g/mol. The topological polar surface area (TPSA) is 82.8 Å². The number of alkyl halides is 3. The molecule has 7 nitrogen and oxygen atoms in total. The molecule has 0 aliphatic carbocycles. The number of carbonyl (C=O) groups excluding carboxylic acids is 1. The Morgan fingerprint density at radius 2 is 1.92 bits per heavy atom. The Hall–Kier alpha value is -2.86. The van der Waals surface area contributed by atoms with Gasteiger partial charge < -0.3 is 15.3 Å². The van der Waals surface area contributed by atoms with Gasteiger partial charge in [0.05, 0.1) is 28.7 Å². The summed E-state index contributed by atoms with van der Waals surface area (Å²) in [5, 5.41) is 16.1. The second-order valence-electron chi connectivity index (χ2n) is 7.97. The van der Waals surface area contributed by atoms with Crippen molar-refractivity contribution < 1.29 is 23.1 Å². The predicted octanol–water partition coefficient (Wildman–Crippen LogP) is 4.24. The summed E-state index contributed by atoms with van der Waals surface area (Å²) in [7, 11) is 1.00. The van der Waals surface area contributed by atoms with Crippen molar-refractivity contribution in [2.24, 2.45) is 4.99 Å². The molecule has 5 rings (SSSR count). The van der Waals surface area contributed by atoms with Gasteiger partial charge in [-0.1, -0.05) is 23.7 Å². The molecule has 2 aliphatic rings. The number of nitrogens with one attached hydrogen (secondary N) is 1. The molecule has 2 N–H and O–H groups in total. The quantitative estimate of drug-likeness (QED) is 0.486. The SMILES string of the molecule is CO.O=C1N=C(N2CCNCC2)S/C1=C\c1ccc2c(cnn2Cc2ccc(Cl)cc2C(F)(F)F)c1. The predicted molar refractivity (Wildman–Crippen MR) is 136 cm³/mol. The van der Waals surface area contributed by atoms with Crippen molar-refractivity contribution in [3.63, 3.8) is 0 Å². The van der Waals surface area contributed by atoms with Crippen molar-refractivity contribution in [3.05, 3.63) is 69.2 Å². The van der Waals surface area contributed by atoms with Gasteiger partial charge in [-0.3, -0.25) is 9.48 Å². The number of carbonyl (C=O) groups is 1. The minimum absolute atomic E-state index is 0.0301. The summed E-state index contributed by atoms with van der Waals surface area (Å²) in [5.41, 5.74) is 0.788. The first-order valence-electron chi connectivity index (χ1n) is 11.0. The Kier molecular flexibility index (Phi) is 8.04. The lowest BCUT2D eigenvalue weighted by atomic mass is 10.1. The van der Waals surface area contributed by atoms with Crippen LogP contribution in [-0.4, -0.2) is 64.2 Å². The highest BCUT2D eigenvalue weighted by atomic mass is 35.5. The van der Waals surface area contributed by atoms with Crippen LogP contribution in [0.5, 0.6) is 0 Å². The van der Waals surface area contributed by atoms with Crippen molar-refractivity contribution in [2.75, 3.05) is 33.3 Å². The van der Waals surface area contributed by atoms with Gasteiger partial charge in [-0.05, 0) is 53.2 Å². The first-order chi connectivity index (χ1) is 17.3. The van der Waals surface area contributed by atoms with Gasteiger partial charge in [0.15, 0.2) is 5.17 Å². The first kappa shape index (κ1) is 26.2. The van der Waals surface area contributed by atoms with Crippen molar-refractivity contribution in [1.29, 1.82) is 0 Å². The molecule has 1 fully saturated rings. The maximum Gasteiger partial charge on any atom is 0.416 e. The van der Waals surface area contributed by atoms with Crippen LogP contribution < -0.4 is 5.32 Å². The molecule has 1 amide bonds. The van der Waals surface area contributed by atoms with Crippen molar-refractivity contribution in [1.82, 2.24) is 20.0 Å². The van der Waals surface area contributed by atoms with E-state index in [2.05, 4.69) is 20.3 Å². The van der Waals surface area contributed by atoms with E-state index in [1.807, 2.05) is 12.1 Å². The number of aliphatic imine (C=N–C) groups is 1. The zero-order chi connectivity index (χ0) is 25.9. The lowest BCUT2D eigenvalue weighted by molar-refractivity contribution is -0.138. The third-order valence-electron chi connectivity index (χ3n) is 5.66. The fraction of sp³-hybridized carbons (Fsp3) is 0.292. The van der Waals surface area contributed by atoms with Gasteiger partial charge in [-0.25, -0.2) is 0 Å². The van der Waals surface area contributed by atoms with Crippen LogP contribution in [0.15, 0.2) is 52.5 Å². The Labute approximate surface area is 214 Å². The van der Waals surface area contributed by atoms with Crippen molar-refractivity contribution >= 4 is 51.4 Å². The minimum Gasteiger partial charge on any atom is -0.400 e. The van der Waals surface area contributed by atoms with E-state index >= 15 is 0 Å². The van der Waals surface area contributed by atoms with E-state index in [0.717, 1.165) is 55.5 Å². The van der Waals surface area contributed by atoms with Gasteiger partial charge in [0.1, 0.15) is 0 Å². The molecule has 36 heavy (non-hydrogen) atoms. The standard InChI is InChI=1S/C23H19ClF3N5OS.CH4O/c24-17-3-2-15(18(11-17)23(25,26)27)13-32-19-4-1-14(9-16(19)12-29-32)10-20-21(33)30-22(34-20)31-7-5-28-6-8-31;1-2/h1-4,9-12,28H,5-8,13H2;2H,1H3/b20-10-;. The zero-order valence-corrected chi connectivity index (χ0v) is 20.8. The average molecular weight is 538 g/mol. The van der Waals surface area contributed by atoms with Crippen LogP contribution in [0.2, 0.25) is 5.02 Å². The molecule has 12 heteroatoms. The summed E-state index contributed by atoms with van der Waals surface area (Å²) in [5.74, 6) is -0.267. The van der Waals surface area contributed by atoms with E-state index in [4.69, 9.17) is 16.7 Å². The molecule has 3 aromatic rings. The van der Waals surface area contributed by atoms with E-state index in [-0.39, 0.29) is 23.0 Å². The second kappa shape index (κ2) is 11.0. The van der Waals surface area contributed by atoms with E-state index in [9.17, 15) is 18.0 Å². The number of piperazine rings is 1. The van der Waals surface area contributed by atoms with Gasteiger partial charge >= 0.3 is 6.18 Å². The van der Waals surface area contributed by atoms with Crippen LogP contribution in [0.1, 0.15) is 16.7 Å². The van der Waals surface area contributed by atoms with Crippen LogP contribution in [-0.2, 0) is 17.5 Å². The first-order valence-corrected chi connectivity index (χ1v) is 12.2. The fourth-order valence-corrected chi connectivity index (χ4v) is 5.11. The molecular formula is C24H23ClF3N5O2S. The van der Waals surface area contributed by atoms with Crippen LogP contribution in [0.3, 0.4) is 0 Å². The zero-order valence-electron chi connectivity index (χ0n) is 19.2. The summed E-state index contributed by atoms with van der Waals surface area (Å²) in [6.07, 6.45) is -1.13. The summed E-state index contributed by atoms with van der Waals surface area (Å²) in [6.45, 7) is 3.27. The largest absolute Gasteiger partial charge is 0.416 e. The minimum atomic E-state index is -4.51. The summed E-state index contributed by atoms with van der Waals surface area (Å²) < 4.78 is 41.9. The highest BCUT2D eigenvalue weighted by Gasteiger charge is 2.33. The number of hydrogen-bond acceptors (Lipinski definition) is 6. The maximum atomic E-state index is 13.5. The summed E-state index contributed by atoms with van der Waals surface area (Å²) in [4.78, 5) is 19.2. The lowest BCUT2D eigenvalue weighted by Crippen LogP contribution is -2.45. The number of thioether (sulfide) groups is 1. The molecule has 0 spiro atoms. The second-order valence-corrected chi connectivity index (χ2v) is 9.41. The number of halogens is 4. The molecule has 2 aromatic carbocycles. The summed E-state index contributed by atoms with van der Waals surface area (Å²) >= 11 is 7.14. The third kappa shape index (κ3) is 5.75. The fourth-order valence-electron chi connectivity index (χ4n) is 3.97. The van der Waals surface area contributed by atoms with Crippen molar-refractivity contribution in [2.45, 2.75) is 12.7 Å². The molecule has 0 saturated carbocycles. The van der Waals surface area contributed by atoms with Gasteiger partial charge in [-0.2, -0.15) is 23.3 Å². The molecule has 2 aliphatic heterocycles. The number of rotatable bonds is 3. The Bertz CT molecular complexity index is 1330. The molecule has 190 valence electrons. The van der Waals surface area contributed by atoms with Gasteiger partial charge in [0, 0.05) is 43.7 Å². The van der Waals surface area contributed by atoms with Gasteiger partial charge in [-0.15, -0.1) is 0 Å². The van der Waals surface area contributed by atoms with Gasteiger partial charge in [0.25, 0.3) is 5.91 Å². The average Bonchev–Trinajstić information content (AvgIpc) is 3.44. The van der Waals surface area contributed by atoms with Gasteiger partial charge in [0.2, 0.25) is 0 Å². The van der Waals surface area contributed by atoms with E-state index in [1.165, 1.54) is 28.6 Å². The summed E-state index contributed by atoms with van der Waals surface area (Å²) in [6, 6.07) is 9.21.